The van der Waals surface area contributed by atoms with Crippen LogP contribution < -0.4 is 28.7 Å². The van der Waals surface area contributed by atoms with Crippen molar-refractivity contribution in [3.05, 3.63) is 0 Å². The Morgan fingerprint density at radius 1 is 0.840 bits per heavy atom. The molecule has 0 rings (SSSR count). The van der Waals surface area contributed by atoms with Gasteiger partial charge in [0.05, 0.1) is 12.8 Å². The minimum Gasteiger partial charge on any atom is -0.480 e. The topological polar surface area (TPSA) is 265 Å². The van der Waals surface area contributed by atoms with Crippen LogP contribution >= 0.6 is 0 Å². The number of amides is 2. The van der Waals surface area contributed by atoms with Crippen LogP contribution in [0.1, 0.15) is 19.8 Å². The van der Waals surface area contributed by atoms with E-state index in [1.807, 2.05) is 0 Å². The lowest BCUT2D eigenvalue weighted by molar-refractivity contribution is -0.155. The van der Waals surface area contributed by atoms with Crippen molar-refractivity contribution in [1.29, 1.82) is 0 Å². The molecule has 13 heteroatoms. The van der Waals surface area contributed by atoms with Gasteiger partial charge in [0.25, 0.3) is 0 Å². The summed E-state index contributed by atoms with van der Waals surface area (Å²) in [4.78, 5) is 52.0. The van der Waals surface area contributed by atoms with Crippen LogP contribution in [0.15, 0.2) is 0 Å². The third-order valence-electron chi connectivity index (χ3n) is 2.56. The van der Waals surface area contributed by atoms with Gasteiger partial charge >= 0.3 is 17.9 Å². The Hall–Kier alpha value is -2.77. The fraction of sp³-hybridized carbons (Fsp3) is 0.583. The second-order valence-corrected chi connectivity index (χ2v) is 4.90. The largest absolute Gasteiger partial charge is 0.480 e. The molecule has 0 unspecified atom stereocenters. The molecule has 0 saturated carbocycles. The van der Waals surface area contributed by atoms with Gasteiger partial charge in [-0.3, -0.25) is 24.0 Å². The van der Waals surface area contributed by atoms with E-state index >= 15 is 0 Å². The summed E-state index contributed by atoms with van der Waals surface area (Å²) in [5, 5.41) is 16.6. The van der Waals surface area contributed by atoms with Crippen molar-refractivity contribution in [2.24, 2.45) is 28.7 Å². The first-order valence-electron chi connectivity index (χ1n) is 6.79. The number of aliphatic carboxylic acids is 2. The number of hydrogen-bond donors (Lipinski definition) is 7. The zero-order chi connectivity index (χ0) is 20.3. The minimum atomic E-state index is -1.34. The van der Waals surface area contributed by atoms with Crippen molar-refractivity contribution in [1.82, 2.24) is 0 Å². The maximum atomic E-state index is 11.2. The van der Waals surface area contributed by atoms with Crippen LogP contribution in [-0.4, -0.2) is 64.2 Å². The lowest BCUT2D eigenvalue weighted by atomic mass is 10.2. The van der Waals surface area contributed by atoms with Gasteiger partial charge in [-0.25, -0.2) is 0 Å². The van der Waals surface area contributed by atoms with E-state index in [2.05, 4.69) is 10.5 Å². The molecule has 0 aromatic carbocycles. The van der Waals surface area contributed by atoms with Crippen molar-refractivity contribution in [3.63, 3.8) is 0 Å². The summed E-state index contributed by atoms with van der Waals surface area (Å²) < 4.78 is 4.66. The molecule has 0 bridgehead atoms. The van der Waals surface area contributed by atoms with E-state index in [1.165, 1.54) is 6.92 Å². The molecule has 0 fully saturated rings. The zero-order valence-corrected chi connectivity index (χ0v) is 13.5. The second-order valence-electron chi connectivity index (χ2n) is 4.90. The number of hydrogen-bond acceptors (Lipinski definition) is 9. The highest BCUT2D eigenvalue weighted by Gasteiger charge is 2.26. The summed E-state index contributed by atoms with van der Waals surface area (Å²) in [6, 6.07) is -3.71. The van der Waals surface area contributed by atoms with Gasteiger partial charge in [0, 0.05) is 0 Å². The molecule has 0 aromatic heterocycles. The summed E-state index contributed by atoms with van der Waals surface area (Å²) in [6.45, 7) is 1.31. The molecule has 25 heavy (non-hydrogen) atoms. The molecular formula is C12H23N5O8. The number of ether oxygens (including phenoxy) is 1. The quantitative estimate of drug-likeness (QED) is 0.192. The first kappa shape index (κ1) is 24.5. The Morgan fingerprint density at radius 2 is 1.24 bits per heavy atom. The SMILES string of the molecule is C[C@@H](OC(=O)[C@@H](N)CC(N)=O)[C@H](N)C(=O)O.NC(=O)C[C@H](N)C(=O)O. The van der Waals surface area contributed by atoms with Crippen LogP contribution in [0.25, 0.3) is 0 Å². The van der Waals surface area contributed by atoms with Gasteiger partial charge in [-0.15, -0.1) is 0 Å². The summed E-state index contributed by atoms with van der Waals surface area (Å²) >= 11 is 0. The molecule has 2 amide bonds. The molecule has 0 aromatic rings. The Morgan fingerprint density at radius 3 is 1.52 bits per heavy atom. The summed E-state index contributed by atoms with van der Waals surface area (Å²) in [7, 11) is 0. The van der Waals surface area contributed by atoms with Gasteiger partial charge < -0.3 is 43.6 Å². The van der Waals surface area contributed by atoms with Crippen molar-refractivity contribution in [2.45, 2.75) is 44.0 Å². The second kappa shape index (κ2) is 11.7. The van der Waals surface area contributed by atoms with Crippen LogP contribution in [0, 0.1) is 0 Å². The van der Waals surface area contributed by atoms with Gasteiger partial charge in [-0.2, -0.15) is 0 Å². The molecule has 0 aliphatic rings. The van der Waals surface area contributed by atoms with Crippen LogP contribution in [-0.2, 0) is 28.7 Å². The van der Waals surface area contributed by atoms with Gasteiger partial charge in [-0.05, 0) is 6.92 Å². The fourth-order valence-corrected chi connectivity index (χ4v) is 1.15. The Balaban J connectivity index is 0. The smallest absolute Gasteiger partial charge is 0.324 e. The van der Waals surface area contributed by atoms with E-state index in [0.29, 0.717) is 0 Å². The number of esters is 1. The van der Waals surface area contributed by atoms with Crippen molar-refractivity contribution in [2.75, 3.05) is 0 Å². The molecule has 0 heterocycles. The van der Waals surface area contributed by atoms with E-state index in [-0.39, 0.29) is 12.8 Å². The molecule has 144 valence electrons. The molecule has 4 atom stereocenters. The number of nitrogens with two attached hydrogens (primary N) is 5. The summed E-state index contributed by atoms with van der Waals surface area (Å²) in [6.07, 6.45) is -1.72. The highest BCUT2D eigenvalue weighted by Crippen LogP contribution is 2.00. The number of rotatable bonds is 9. The van der Waals surface area contributed by atoms with Crippen LogP contribution in [0.5, 0.6) is 0 Å². The van der Waals surface area contributed by atoms with Crippen molar-refractivity contribution >= 4 is 29.7 Å². The first-order valence-corrected chi connectivity index (χ1v) is 6.79. The Bertz CT molecular complexity index is 512. The lowest BCUT2D eigenvalue weighted by Crippen LogP contribution is -2.45. The summed E-state index contributed by atoms with van der Waals surface area (Å²) in [5.41, 5.74) is 24.9. The molecule has 0 saturated heterocycles. The Kier molecular flexibility index (Phi) is 11.5. The number of carbonyl (C=O) groups excluding carboxylic acids is 3. The number of carbonyl (C=O) groups is 5. The summed E-state index contributed by atoms with van der Waals surface area (Å²) in [5.74, 6) is -4.88. The maximum absolute atomic E-state index is 11.2. The monoisotopic (exact) mass is 365 g/mol. The number of carboxylic acids is 2. The molecule has 0 aliphatic heterocycles. The van der Waals surface area contributed by atoms with Crippen LogP contribution in [0.3, 0.4) is 0 Å². The van der Waals surface area contributed by atoms with E-state index in [0.717, 1.165) is 0 Å². The maximum Gasteiger partial charge on any atom is 0.324 e. The average molecular weight is 365 g/mol. The van der Waals surface area contributed by atoms with E-state index in [9.17, 15) is 24.0 Å². The van der Waals surface area contributed by atoms with Crippen molar-refractivity contribution in [3.8, 4) is 0 Å². The van der Waals surface area contributed by atoms with Gasteiger partial charge in [-0.1, -0.05) is 0 Å². The van der Waals surface area contributed by atoms with Gasteiger partial charge in [0.15, 0.2) is 0 Å². The fourth-order valence-electron chi connectivity index (χ4n) is 1.15. The van der Waals surface area contributed by atoms with Crippen LogP contribution in [0.4, 0.5) is 0 Å². The van der Waals surface area contributed by atoms with E-state index in [4.69, 9.17) is 33.1 Å². The first-order chi connectivity index (χ1) is 11.3. The highest BCUT2D eigenvalue weighted by molar-refractivity contribution is 5.84. The minimum absolute atomic E-state index is 0.310. The molecule has 0 aliphatic carbocycles. The van der Waals surface area contributed by atoms with Gasteiger partial charge in [0.1, 0.15) is 24.2 Å². The van der Waals surface area contributed by atoms with Crippen LogP contribution in [0.2, 0.25) is 0 Å². The normalized spacial score (nSPS) is 14.7. The lowest BCUT2D eigenvalue weighted by Gasteiger charge is -2.18. The third kappa shape index (κ3) is 12.3. The molecular weight excluding hydrogens is 342 g/mol. The molecule has 0 radical (unpaired) electrons. The zero-order valence-electron chi connectivity index (χ0n) is 13.5. The molecule has 13 nitrogen and oxygen atoms in total. The number of carboxylic acid groups (broad SMARTS) is 2. The predicted molar refractivity (Wildman–Crippen MR) is 82.4 cm³/mol. The standard InChI is InChI=1S/C8H15N3O5.C4H8N2O3/c1-3(6(11)7(13)14)16-8(15)4(9)2-5(10)12;5-2(4(8)9)1-3(6)7/h3-4,6H,2,9,11H2,1H3,(H2,10,12)(H,13,14);2H,1,5H2,(H2,6,7)(H,8,9)/t3-,4+,6+;2-/m10/s1. The van der Waals surface area contributed by atoms with Crippen molar-refractivity contribution < 1.29 is 38.9 Å². The third-order valence-corrected chi connectivity index (χ3v) is 2.56. The van der Waals surface area contributed by atoms with E-state index in [1.54, 1.807) is 0 Å². The average Bonchev–Trinajstić information content (AvgIpc) is 2.45. The highest BCUT2D eigenvalue weighted by atomic mass is 16.5. The molecule has 0 spiro atoms. The predicted octanol–water partition coefficient (Wildman–Crippen LogP) is -4.19. The van der Waals surface area contributed by atoms with Gasteiger partial charge in [0.2, 0.25) is 11.8 Å². The van der Waals surface area contributed by atoms with E-state index < -0.39 is 54.0 Å². The number of primary amides is 2. The molecule has 12 N–H and O–H groups in total. The Labute approximate surface area is 142 Å².